The van der Waals surface area contributed by atoms with E-state index >= 15 is 0 Å². The van der Waals surface area contributed by atoms with Gasteiger partial charge < -0.3 is 14.6 Å². The van der Waals surface area contributed by atoms with Gasteiger partial charge in [0.05, 0.1) is 0 Å². The molecule has 0 spiro atoms. The number of carbonyl (C=O) groups is 1. The fourth-order valence-electron chi connectivity index (χ4n) is 2.72. The van der Waals surface area contributed by atoms with Crippen molar-refractivity contribution in [3.8, 4) is 5.75 Å². The molecule has 1 N–H and O–H groups in total. The zero-order chi connectivity index (χ0) is 20.1. The van der Waals surface area contributed by atoms with Gasteiger partial charge in [0.25, 0.3) is 11.5 Å². The van der Waals surface area contributed by atoms with Crippen molar-refractivity contribution < 1.29 is 18.3 Å². The molecule has 28 heavy (non-hydrogen) atoms. The van der Waals surface area contributed by atoms with Crippen LogP contribution in [0.2, 0.25) is 0 Å². The van der Waals surface area contributed by atoms with E-state index in [0.29, 0.717) is 17.7 Å². The van der Waals surface area contributed by atoms with Gasteiger partial charge in [0.15, 0.2) is 0 Å². The number of rotatable bonds is 6. The first-order valence-electron chi connectivity index (χ1n) is 8.52. The molecule has 0 saturated carbocycles. The summed E-state index contributed by atoms with van der Waals surface area (Å²) >= 11 is 0. The van der Waals surface area contributed by atoms with Gasteiger partial charge in [0, 0.05) is 42.5 Å². The number of nitrogens with zero attached hydrogens (tertiary/aromatic N) is 1. The number of aromatic nitrogens is 1. The molecule has 1 amide bonds. The van der Waals surface area contributed by atoms with Crippen LogP contribution in [0.5, 0.6) is 5.75 Å². The molecule has 3 rings (SSSR count). The summed E-state index contributed by atoms with van der Waals surface area (Å²) in [6, 6.07) is 16.5. The molecule has 0 fully saturated rings. The smallest absolute Gasteiger partial charge is 0.387 e. The number of halogens is 2. The van der Waals surface area contributed by atoms with Crippen molar-refractivity contribution in [2.45, 2.75) is 13.0 Å². The molecule has 0 aliphatic carbocycles. The molecule has 1 heterocycles. The molecule has 144 valence electrons. The van der Waals surface area contributed by atoms with E-state index in [4.69, 9.17) is 0 Å². The lowest BCUT2D eigenvalue weighted by molar-refractivity contribution is -0.0503. The van der Waals surface area contributed by atoms with Crippen molar-refractivity contribution in [2.24, 2.45) is 7.05 Å². The van der Waals surface area contributed by atoms with E-state index in [0.717, 1.165) is 5.56 Å². The van der Waals surface area contributed by atoms with Crippen molar-refractivity contribution in [1.29, 1.82) is 0 Å². The molecule has 0 bridgehead atoms. The Bertz CT molecular complexity index is 1030. The fourth-order valence-corrected chi connectivity index (χ4v) is 2.72. The first kappa shape index (κ1) is 19.3. The Morgan fingerprint density at radius 3 is 2.54 bits per heavy atom. The summed E-state index contributed by atoms with van der Waals surface area (Å²) in [6.45, 7) is -2.95. The summed E-state index contributed by atoms with van der Waals surface area (Å²) in [5, 5.41) is 2.68. The van der Waals surface area contributed by atoms with Crippen LogP contribution in [-0.4, -0.2) is 17.1 Å². The van der Waals surface area contributed by atoms with Crippen LogP contribution in [0.25, 0.3) is 0 Å². The van der Waals surface area contributed by atoms with Crippen LogP contribution in [0.1, 0.15) is 21.5 Å². The maximum Gasteiger partial charge on any atom is 0.387 e. The number of carbonyl (C=O) groups excluding carboxylic acids is 1. The summed E-state index contributed by atoms with van der Waals surface area (Å²) in [5.74, 6) is -0.420. The number of hydrogen-bond donors (Lipinski definition) is 1. The second-order valence-electron chi connectivity index (χ2n) is 6.18. The number of hydrogen-bond acceptors (Lipinski definition) is 3. The molecule has 7 heteroatoms. The first-order chi connectivity index (χ1) is 13.4. The molecule has 0 saturated heterocycles. The molecule has 2 aromatic carbocycles. The summed E-state index contributed by atoms with van der Waals surface area (Å²) in [7, 11) is 1.58. The monoisotopic (exact) mass is 384 g/mol. The van der Waals surface area contributed by atoms with Crippen LogP contribution in [0, 0.1) is 0 Å². The number of nitrogens with one attached hydrogen (secondary N) is 1. The zero-order valence-corrected chi connectivity index (χ0v) is 15.1. The van der Waals surface area contributed by atoms with E-state index in [2.05, 4.69) is 10.1 Å². The van der Waals surface area contributed by atoms with Gasteiger partial charge in [0.1, 0.15) is 5.75 Å². The average Bonchev–Trinajstić information content (AvgIpc) is 2.66. The van der Waals surface area contributed by atoms with Crippen LogP contribution >= 0.6 is 0 Å². The van der Waals surface area contributed by atoms with E-state index in [-0.39, 0.29) is 16.9 Å². The highest BCUT2D eigenvalue weighted by atomic mass is 19.3. The van der Waals surface area contributed by atoms with E-state index in [9.17, 15) is 18.4 Å². The van der Waals surface area contributed by atoms with Crippen LogP contribution in [-0.2, 0) is 13.5 Å². The predicted octanol–water partition coefficient (Wildman–Crippen LogP) is 3.83. The second kappa shape index (κ2) is 8.47. The van der Waals surface area contributed by atoms with Crippen molar-refractivity contribution in [3.05, 3.63) is 93.9 Å². The van der Waals surface area contributed by atoms with Crippen LogP contribution < -0.4 is 15.6 Å². The summed E-state index contributed by atoms with van der Waals surface area (Å²) in [6.07, 6.45) is 1.86. The Balaban J connectivity index is 1.86. The topological polar surface area (TPSA) is 60.3 Å². The highest BCUT2D eigenvalue weighted by Crippen LogP contribution is 2.27. The van der Waals surface area contributed by atoms with E-state index < -0.39 is 12.5 Å². The van der Waals surface area contributed by atoms with Crippen LogP contribution in [0.4, 0.5) is 14.5 Å². The standard InChI is InChI=1S/C21H18F2N2O3/c1-25-10-9-15(13-19(25)26)20(27)24-17-7-8-18(28-21(22)23)16(12-17)11-14-5-3-2-4-6-14/h2-10,12-13,21H,11H2,1H3,(H,24,27). The molecule has 0 aliphatic heterocycles. The van der Waals surface area contributed by atoms with Gasteiger partial charge in [-0.15, -0.1) is 0 Å². The number of benzene rings is 2. The molecule has 0 atom stereocenters. The Hall–Kier alpha value is -3.48. The van der Waals surface area contributed by atoms with Gasteiger partial charge in [-0.05, 0) is 29.8 Å². The van der Waals surface area contributed by atoms with Crippen LogP contribution in [0.15, 0.2) is 71.7 Å². The number of ether oxygens (including phenoxy) is 1. The van der Waals surface area contributed by atoms with Crippen molar-refractivity contribution in [3.63, 3.8) is 0 Å². The van der Waals surface area contributed by atoms with Gasteiger partial charge in [-0.2, -0.15) is 8.78 Å². The number of amides is 1. The number of pyridine rings is 1. The Labute approximate surface area is 160 Å². The SMILES string of the molecule is Cn1ccc(C(=O)Nc2ccc(OC(F)F)c(Cc3ccccc3)c2)cc1=O. The highest BCUT2D eigenvalue weighted by Gasteiger charge is 2.13. The Kier molecular flexibility index (Phi) is 5.84. The van der Waals surface area contributed by atoms with Crippen molar-refractivity contribution in [2.75, 3.05) is 5.32 Å². The lowest BCUT2D eigenvalue weighted by atomic mass is 10.0. The van der Waals surface area contributed by atoms with Gasteiger partial charge in [-0.3, -0.25) is 9.59 Å². The fraction of sp³-hybridized carbons (Fsp3) is 0.143. The molecule has 0 unspecified atom stereocenters. The van der Waals surface area contributed by atoms with E-state index in [1.54, 1.807) is 13.1 Å². The molecule has 1 aromatic heterocycles. The number of anilines is 1. The van der Waals surface area contributed by atoms with E-state index in [1.807, 2.05) is 30.3 Å². The lowest BCUT2D eigenvalue weighted by Gasteiger charge is -2.13. The minimum atomic E-state index is -2.95. The van der Waals surface area contributed by atoms with Crippen molar-refractivity contribution in [1.82, 2.24) is 4.57 Å². The largest absolute Gasteiger partial charge is 0.435 e. The van der Waals surface area contributed by atoms with Gasteiger partial charge in [-0.1, -0.05) is 30.3 Å². The number of alkyl halides is 2. The first-order valence-corrected chi connectivity index (χ1v) is 8.52. The lowest BCUT2D eigenvalue weighted by Crippen LogP contribution is -2.20. The summed E-state index contributed by atoms with van der Waals surface area (Å²) < 4.78 is 31.4. The molecule has 0 radical (unpaired) electrons. The third kappa shape index (κ3) is 4.82. The molecule has 3 aromatic rings. The van der Waals surface area contributed by atoms with Gasteiger partial charge in [-0.25, -0.2) is 0 Å². The Morgan fingerprint density at radius 2 is 1.86 bits per heavy atom. The van der Waals surface area contributed by atoms with Crippen LogP contribution in [0.3, 0.4) is 0 Å². The maximum atomic E-state index is 12.7. The zero-order valence-electron chi connectivity index (χ0n) is 15.1. The third-order valence-corrected chi connectivity index (χ3v) is 4.14. The van der Waals surface area contributed by atoms with Gasteiger partial charge in [0.2, 0.25) is 0 Å². The third-order valence-electron chi connectivity index (χ3n) is 4.14. The quantitative estimate of drug-likeness (QED) is 0.703. The second-order valence-corrected chi connectivity index (χ2v) is 6.18. The summed E-state index contributed by atoms with van der Waals surface area (Å²) in [5.41, 5.74) is 1.74. The average molecular weight is 384 g/mol. The molecular formula is C21H18F2N2O3. The number of aryl methyl sites for hydroxylation is 1. The minimum Gasteiger partial charge on any atom is -0.435 e. The predicted molar refractivity (Wildman–Crippen MR) is 102 cm³/mol. The highest BCUT2D eigenvalue weighted by molar-refractivity contribution is 6.04. The minimum absolute atomic E-state index is 0.0467. The summed E-state index contributed by atoms with van der Waals surface area (Å²) in [4.78, 5) is 24.1. The van der Waals surface area contributed by atoms with Gasteiger partial charge >= 0.3 is 6.61 Å². The Morgan fingerprint density at radius 1 is 1.11 bits per heavy atom. The molecule has 5 nitrogen and oxygen atoms in total. The maximum absolute atomic E-state index is 12.7. The van der Waals surface area contributed by atoms with Crippen molar-refractivity contribution >= 4 is 11.6 Å². The normalized spacial score (nSPS) is 10.7. The molecule has 0 aliphatic rings. The molecular weight excluding hydrogens is 366 g/mol. The van der Waals surface area contributed by atoms with E-state index in [1.165, 1.54) is 35.0 Å².